The van der Waals surface area contributed by atoms with Crippen molar-refractivity contribution in [2.24, 2.45) is 0 Å². The van der Waals surface area contributed by atoms with Gasteiger partial charge >= 0.3 is 0 Å². The Balaban J connectivity index is 1.66. The lowest BCUT2D eigenvalue weighted by molar-refractivity contribution is -0.0345. The summed E-state index contributed by atoms with van der Waals surface area (Å²) in [5.74, 6) is 0. The highest BCUT2D eigenvalue weighted by atomic mass is 16.5. The molecule has 17 heavy (non-hydrogen) atoms. The molecule has 0 amide bonds. The van der Waals surface area contributed by atoms with Gasteiger partial charge in [-0.2, -0.15) is 0 Å². The number of aromatic nitrogens is 3. The average molecular weight is 240 g/mol. The lowest BCUT2D eigenvalue weighted by Gasteiger charge is -2.22. The van der Waals surface area contributed by atoms with Gasteiger partial charge in [-0.1, -0.05) is 5.21 Å². The highest BCUT2D eigenvalue weighted by molar-refractivity contribution is 4.90. The van der Waals surface area contributed by atoms with E-state index < -0.39 is 0 Å². The molecule has 0 aliphatic carbocycles. The molecule has 1 N–H and O–H groups in total. The molecule has 0 saturated carbocycles. The first kappa shape index (κ1) is 12.5. The third kappa shape index (κ3) is 4.07. The van der Waals surface area contributed by atoms with E-state index in [9.17, 15) is 0 Å². The minimum absolute atomic E-state index is 0.351. The normalized spacial score (nSPS) is 17.5. The summed E-state index contributed by atoms with van der Waals surface area (Å²) in [4.78, 5) is 0. The molecule has 6 heteroatoms. The number of nitrogens with one attached hydrogen (secondary N) is 1. The zero-order valence-corrected chi connectivity index (χ0v) is 10.3. The third-order valence-corrected chi connectivity index (χ3v) is 2.79. The standard InChI is InChI=1S/C11H20N4O2/c1-12-8-10-9-15(14-13-10)4-7-17-11-2-5-16-6-3-11/h9,11-12H,2-8H2,1H3. The van der Waals surface area contributed by atoms with Gasteiger partial charge in [0.2, 0.25) is 0 Å². The van der Waals surface area contributed by atoms with Crippen LogP contribution in [-0.2, 0) is 22.6 Å². The van der Waals surface area contributed by atoms with Crippen LogP contribution in [0.5, 0.6) is 0 Å². The van der Waals surface area contributed by atoms with Crippen molar-refractivity contribution in [3.63, 3.8) is 0 Å². The SMILES string of the molecule is CNCc1cn(CCOC2CCOCC2)nn1. The second kappa shape index (κ2) is 6.68. The zero-order chi connectivity index (χ0) is 11.9. The van der Waals surface area contributed by atoms with Gasteiger partial charge in [-0.15, -0.1) is 5.10 Å². The number of hydrogen-bond acceptors (Lipinski definition) is 5. The maximum Gasteiger partial charge on any atom is 0.0964 e. The monoisotopic (exact) mass is 240 g/mol. The second-order valence-electron chi connectivity index (χ2n) is 4.19. The molecule has 96 valence electrons. The van der Waals surface area contributed by atoms with Crippen LogP contribution >= 0.6 is 0 Å². The van der Waals surface area contributed by atoms with Crippen LogP contribution in [0.2, 0.25) is 0 Å². The minimum atomic E-state index is 0.351. The highest BCUT2D eigenvalue weighted by Gasteiger charge is 2.13. The smallest absolute Gasteiger partial charge is 0.0964 e. The number of nitrogens with zero attached hydrogens (tertiary/aromatic N) is 3. The largest absolute Gasteiger partial charge is 0.381 e. The van der Waals surface area contributed by atoms with E-state index >= 15 is 0 Å². The summed E-state index contributed by atoms with van der Waals surface area (Å²) in [7, 11) is 1.90. The van der Waals surface area contributed by atoms with E-state index in [0.29, 0.717) is 12.7 Å². The van der Waals surface area contributed by atoms with Gasteiger partial charge in [0.1, 0.15) is 0 Å². The molecule has 6 nitrogen and oxygen atoms in total. The molecule has 0 unspecified atom stereocenters. The molecule has 2 rings (SSSR count). The summed E-state index contributed by atoms with van der Waals surface area (Å²) >= 11 is 0. The number of hydrogen-bond donors (Lipinski definition) is 1. The first-order chi connectivity index (χ1) is 8.38. The van der Waals surface area contributed by atoms with Crippen LogP contribution in [0.15, 0.2) is 6.20 Å². The quantitative estimate of drug-likeness (QED) is 0.769. The topological polar surface area (TPSA) is 61.2 Å². The van der Waals surface area contributed by atoms with Gasteiger partial charge in [-0.3, -0.25) is 0 Å². The number of ether oxygens (including phenoxy) is 2. The Morgan fingerprint density at radius 2 is 2.35 bits per heavy atom. The van der Waals surface area contributed by atoms with Crippen LogP contribution in [-0.4, -0.2) is 48.0 Å². The summed E-state index contributed by atoms with van der Waals surface area (Å²) in [5.41, 5.74) is 0.957. The van der Waals surface area contributed by atoms with Crippen LogP contribution in [0.25, 0.3) is 0 Å². The molecule has 0 radical (unpaired) electrons. The van der Waals surface area contributed by atoms with Crippen LogP contribution in [0.1, 0.15) is 18.5 Å². The van der Waals surface area contributed by atoms with Crippen LogP contribution in [0.4, 0.5) is 0 Å². The van der Waals surface area contributed by atoms with Crippen molar-refractivity contribution in [1.82, 2.24) is 20.3 Å². The van der Waals surface area contributed by atoms with Crippen molar-refractivity contribution in [3.8, 4) is 0 Å². The molecule has 1 saturated heterocycles. The van der Waals surface area contributed by atoms with Crippen molar-refractivity contribution < 1.29 is 9.47 Å². The van der Waals surface area contributed by atoms with Gasteiger partial charge in [0.05, 0.1) is 24.9 Å². The molecule has 0 aromatic carbocycles. The fourth-order valence-electron chi connectivity index (χ4n) is 1.87. The lowest BCUT2D eigenvalue weighted by atomic mass is 10.2. The molecule has 1 aromatic rings. The Kier molecular flexibility index (Phi) is 4.90. The van der Waals surface area contributed by atoms with Crippen molar-refractivity contribution in [2.75, 3.05) is 26.9 Å². The number of rotatable bonds is 6. The molecular formula is C11H20N4O2. The van der Waals surface area contributed by atoms with Gasteiger partial charge in [-0.05, 0) is 19.9 Å². The lowest BCUT2D eigenvalue weighted by Crippen LogP contribution is -2.24. The molecule has 1 aliphatic rings. The van der Waals surface area contributed by atoms with Gasteiger partial charge in [0.25, 0.3) is 0 Å². The average Bonchev–Trinajstić information content (AvgIpc) is 2.79. The minimum Gasteiger partial charge on any atom is -0.381 e. The van der Waals surface area contributed by atoms with Gasteiger partial charge in [0, 0.05) is 26.0 Å². The van der Waals surface area contributed by atoms with E-state index in [0.717, 1.165) is 44.8 Å². The Morgan fingerprint density at radius 3 is 3.12 bits per heavy atom. The van der Waals surface area contributed by atoms with Crippen molar-refractivity contribution in [2.45, 2.75) is 32.0 Å². The van der Waals surface area contributed by atoms with Crippen molar-refractivity contribution in [1.29, 1.82) is 0 Å². The maximum atomic E-state index is 5.77. The first-order valence-corrected chi connectivity index (χ1v) is 6.11. The third-order valence-electron chi connectivity index (χ3n) is 2.79. The van der Waals surface area contributed by atoms with E-state index in [1.165, 1.54) is 0 Å². The molecule has 2 heterocycles. The Morgan fingerprint density at radius 1 is 1.53 bits per heavy atom. The van der Waals surface area contributed by atoms with Gasteiger partial charge < -0.3 is 14.8 Å². The van der Waals surface area contributed by atoms with Crippen molar-refractivity contribution in [3.05, 3.63) is 11.9 Å². The Hall–Kier alpha value is -0.980. The Bertz CT molecular complexity index is 323. The maximum absolute atomic E-state index is 5.77. The highest BCUT2D eigenvalue weighted by Crippen LogP contribution is 2.10. The van der Waals surface area contributed by atoms with E-state index in [4.69, 9.17) is 9.47 Å². The Labute approximate surface area is 101 Å². The molecule has 1 fully saturated rings. The van der Waals surface area contributed by atoms with E-state index in [2.05, 4.69) is 15.6 Å². The summed E-state index contributed by atoms with van der Waals surface area (Å²) in [5, 5.41) is 11.1. The van der Waals surface area contributed by atoms with Crippen LogP contribution in [0, 0.1) is 0 Å². The summed E-state index contributed by atoms with van der Waals surface area (Å²) in [6.07, 6.45) is 4.30. The van der Waals surface area contributed by atoms with Crippen LogP contribution in [0.3, 0.4) is 0 Å². The first-order valence-electron chi connectivity index (χ1n) is 6.11. The summed E-state index contributed by atoms with van der Waals surface area (Å²) in [6, 6.07) is 0. The van der Waals surface area contributed by atoms with Crippen LogP contribution < -0.4 is 5.32 Å². The fraction of sp³-hybridized carbons (Fsp3) is 0.818. The predicted octanol–water partition coefficient (Wildman–Crippen LogP) is 0.193. The molecule has 0 bridgehead atoms. The van der Waals surface area contributed by atoms with Crippen molar-refractivity contribution >= 4 is 0 Å². The van der Waals surface area contributed by atoms with Gasteiger partial charge in [-0.25, -0.2) is 4.68 Å². The predicted molar refractivity (Wildman–Crippen MR) is 62.6 cm³/mol. The molecule has 1 aliphatic heterocycles. The van der Waals surface area contributed by atoms with E-state index in [1.54, 1.807) is 0 Å². The molecule has 1 aromatic heterocycles. The van der Waals surface area contributed by atoms with Gasteiger partial charge in [0.15, 0.2) is 0 Å². The molecule has 0 spiro atoms. The summed E-state index contributed by atoms with van der Waals surface area (Å²) in [6.45, 7) is 3.84. The summed E-state index contributed by atoms with van der Waals surface area (Å²) < 4.78 is 12.9. The zero-order valence-electron chi connectivity index (χ0n) is 10.3. The fourth-order valence-corrected chi connectivity index (χ4v) is 1.87. The van der Waals surface area contributed by atoms with E-state index in [-0.39, 0.29) is 0 Å². The van der Waals surface area contributed by atoms with E-state index in [1.807, 2.05) is 17.9 Å². The molecular weight excluding hydrogens is 220 g/mol. The second-order valence-corrected chi connectivity index (χ2v) is 4.19. The molecule has 0 atom stereocenters.